The number of ketones is 1. The summed E-state index contributed by atoms with van der Waals surface area (Å²) in [5, 5.41) is 1.19. The monoisotopic (exact) mass is 322 g/mol. The Morgan fingerprint density at radius 1 is 1.36 bits per heavy atom. The van der Waals surface area contributed by atoms with Gasteiger partial charge in [0.05, 0.1) is 5.56 Å². The molecular weight excluding hydrogens is 315 g/mol. The van der Waals surface area contributed by atoms with E-state index in [1.54, 1.807) is 12.1 Å². The van der Waals surface area contributed by atoms with E-state index in [0.717, 1.165) is 5.56 Å². The van der Waals surface area contributed by atoms with Gasteiger partial charge in [0.25, 0.3) is 0 Å². The van der Waals surface area contributed by atoms with Crippen LogP contribution in [-0.4, -0.2) is 11.1 Å². The lowest BCUT2D eigenvalue weighted by molar-refractivity contribution is 0.0986. The minimum absolute atomic E-state index is 0.165. The zero-order chi connectivity index (χ0) is 10.6. The summed E-state index contributed by atoms with van der Waals surface area (Å²) in [6.07, 6.45) is 0.322. The highest BCUT2D eigenvalue weighted by Gasteiger charge is 2.11. The Hall–Kier alpha value is -0.220. The molecule has 0 saturated heterocycles. The molecule has 0 aromatic heterocycles. The summed E-state index contributed by atoms with van der Waals surface area (Å²) >= 11 is 6.42. The summed E-state index contributed by atoms with van der Waals surface area (Å²) in [4.78, 5) is 11.4. The molecule has 4 heteroatoms. The number of alkyl halides is 2. The minimum Gasteiger partial charge on any atom is -0.294 e. The number of hydrogen-bond acceptors (Lipinski definition) is 1. The van der Waals surface area contributed by atoms with Crippen molar-refractivity contribution >= 4 is 37.6 Å². The van der Waals surface area contributed by atoms with Crippen LogP contribution in [0.1, 0.15) is 22.3 Å². The van der Waals surface area contributed by atoms with Gasteiger partial charge in [-0.1, -0.05) is 37.9 Å². The zero-order valence-electron chi connectivity index (χ0n) is 7.40. The lowest BCUT2D eigenvalue weighted by Crippen LogP contribution is -2.03. The predicted molar refractivity (Wildman–Crippen MR) is 61.8 cm³/mol. The summed E-state index contributed by atoms with van der Waals surface area (Å²) in [6.45, 7) is 0. The average molecular weight is 324 g/mol. The molecule has 0 saturated carbocycles. The van der Waals surface area contributed by atoms with Gasteiger partial charge in [-0.25, -0.2) is 4.39 Å². The zero-order valence-corrected chi connectivity index (χ0v) is 10.6. The number of Topliss-reactive ketones (excluding diaryl/α,β-unsaturated/α-hetero) is 1. The van der Waals surface area contributed by atoms with Gasteiger partial charge < -0.3 is 0 Å². The first-order valence-electron chi connectivity index (χ1n) is 4.12. The number of halogens is 3. The van der Waals surface area contributed by atoms with Gasteiger partial charge in [-0.2, -0.15) is 0 Å². The molecule has 14 heavy (non-hydrogen) atoms. The van der Waals surface area contributed by atoms with Crippen molar-refractivity contribution in [3.63, 3.8) is 0 Å². The first-order chi connectivity index (χ1) is 6.69. The molecule has 0 atom stereocenters. The fourth-order valence-electron chi connectivity index (χ4n) is 1.09. The molecule has 1 nitrogen and oxygen atoms in total. The third kappa shape index (κ3) is 2.89. The molecule has 1 aromatic rings. The first-order valence-corrected chi connectivity index (χ1v) is 6.37. The number of benzene rings is 1. The second kappa shape index (κ2) is 5.61. The molecule has 0 bridgehead atoms. The topological polar surface area (TPSA) is 17.1 Å². The Morgan fingerprint density at radius 3 is 2.64 bits per heavy atom. The Balaban J connectivity index is 2.99. The van der Waals surface area contributed by atoms with Crippen LogP contribution in [-0.2, 0) is 5.33 Å². The highest BCUT2D eigenvalue weighted by Crippen LogP contribution is 2.15. The van der Waals surface area contributed by atoms with E-state index < -0.39 is 5.82 Å². The molecule has 0 spiro atoms. The lowest BCUT2D eigenvalue weighted by Gasteiger charge is -2.03. The Kier molecular flexibility index (Phi) is 4.75. The predicted octanol–water partition coefficient (Wildman–Crippen LogP) is 3.69. The summed E-state index contributed by atoms with van der Waals surface area (Å²) < 4.78 is 13.2. The second-order valence-corrected chi connectivity index (χ2v) is 4.16. The van der Waals surface area contributed by atoms with Gasteiger partial charge in [-0.05, 0) is 17.7 Å². The van der Waals surface area contributed by atoms with Crippen molar-refractivity contribution in [2.24, 2.45) is 0 Å². The normalized spacial score (nSPS) is 10.2. The van der Waals surface area contributed by atoms with E-state index in [2.05, 4.69) is 31.9 Å². The standard InChI is InChI=1S/C10H9Br2FO/c11-4-3-10(14)8-5-7(6-12)1-2-9(8)13/h1-2,5H,3-4,6H2. The number of carbonyl (C=O) groups is 1. The van der Waals surface area contributed by atoms with Crippen LogP contribution in [0.2, 0.25) is 0 Å². The van der Waals surface area contributed by atoms with Gasteiger partial charge in [0.15, 0.2) is 5.78 Å². The van der Waals surface area contributed by atoms with Crippen LogP contribution < -0.4 is 0 Å². The Bertz CT molecular complexity index is 339. The van der Waals surface area contributed by atoms with Gasteiger partial charge in [0.2, 0.25) is 0 Å². The van der Waals surface area contributed by atoms with Crippen LogP contribution in [0, 0.1) is 5.82 Å². The largest absolute Gasteiger partial charge is 0.294 e. The Labute approximate surface area is 99.0 Å². The van der Waals surface area contributed by atoms with E-state index >= 15 is 0 Å². The molecule has 0 aliphatic heterocycles. The quantitative estimate of drug-likeness (QED) is 0.610. The van der Waals surface area contributed by atoms with Crippen LogP contribution in [0.25, 0.3) is 0 Å². The highest BCUT2D eigenvalue weighted by molar-refractivity contribution is 9.09. The molecule has 0 heterocycles. The second-order valence-electron chi connectivity index (χ2n) is 2.81. The van der Waals surface area contributed by atoms with E-state index in [1.165, 1.54) is 6.07 Å². The van der Waals surface area contributed by atoms with Crippen LogP contribution in [0.4, 0.5) is 4.39 Å². The number of rotatable bonds is 4. The highest BCUT2D eigenvalue weighted by atomic mass is 79.9. The molecule has 0 unspecified atom stereocenters. The van der Waals surface area contributed by atoms with Gasteiger partial charge in [-0.3, -0.25) is 4.79 Å². The fraction of sp³-hybridized carbons (Fsp3) is 0.300. The van der Waals surface area contributed by atoms with Crippen LogP contribution in [0.15, 0.2) is 18.2 Å². The van der Waals surface area contributed by atoms with Crippen molar-refractivity contribution in [3.05, 3.63) is 35.1 Å². The van der Waals surface area contributed by atoms with Crippen molar-refractivity contribution in [1.82, 2.24) is 0 Å². The summed E-state index contributed by atoms with van der Waals surface area (Å²) in [5.74, 6) is -0.608. The first kappa shape index (κ1) is 11.9. The molecule has 0 aliphatic carbocycles. The van der Waals surface area contributed by atoms with Gasteiger partial charge >= 0.3 is 0 Å². The average Bonchev–Trinajstić information content (AvgIpc) is 2.19. The molecule has 1 rings (SSSR count). The summed E-state index contributed by atoms with van der Waals surface area (Å²) in [7, 11) is 0. The molecule has 0 radical (unpaired) electrons. The van der Waals surface area contributed by atoms with E-state index in [9.17, 15) is 9.18 Å². The molecule has 0 aliphatic rings. The molecule has 0 N–H and O–H groups in total. The van der Waals surface area contributed by atoms with Crippen LogP contribution in [0.5, 0.6) is 0 Å². The van der Waals surface area contributed by atoms with E-state index in [0.29, 0.717) is 17.1 Å². The van der Waals surface area contributed by atoms with Crippen molar-refractivity contribution < 1.29 is 9.18 Å². The maximum absolute atomic E-state index is 13.2. The molecule has 0 fully saturated rings. The van der Waals surface area contributed by atoms with Gasteiger partial charge in [-0.15, -0.1) is 0 Å². The maximum atomic E-state index is 13.2. The van der Waals surface area contributed by atoms with E-state index in [-0.39, 0.29) is 11.3 Å². The summed E-state index contributed by atoms with van der Waals surface area (Å²) in [5.41, 5.74) is 1.09. The molecule has 76 valence electrons. The minimum atomic E-state index is -0.444. The van der Waals surface area contributed by atoms with Crippen molar-refractivity contribution in [2.75, 3.05) is 5.33 Å². The van der Waals surface area contributed by atoms with Crippen molar-refractivity contribution in [3.8, 4) is 0 Å². The van der Waals surface area contributed by atoms with Crippen molar-refractivity contribution in [2.45, 2.75) is 11.8 Å². The fourth-order valence-corrected chi connectivity index (χ4v) is 1.80. The maximum Gasteiger partial charge on any atom is 0.166 e. The van der Waals surface area contributed by atoms with E-state index in [4.69, 9.17) is 0 Å². The molecule has 0 amide bonds. The number of hydrogen-bond donors (Lipinski definition) is 0. The van der Waals surface area contributed by atoms with E-state index in [1.807, 2.05) is 0 Å². The third-order valence-electron chi connectivity index (χ3n) is 1.81. The van der Waals surface area contributed by atoms with Gasteiger partial charge in [0, 0.05) is 17.1 Å². The third-order valence-corrected chi connectivity index (χ3v) is 2.85. The van der Waals surface area contributed by atoms with Crippen molar-refractivity contribution in [1.29, 1.82) is 0 Å². The Morgan fingerprint density at radius 2 is 2.07 bits per heavy atom. The van der Waals surface area contributed by atoms with Crippen LogP contribution >= 0.6 is 31.9 Å². The lowest BCUT2D eigenvalue weighted by atomic mass is 10.1. The number of carbonyl (C=O) groups excluding carboxylic acids is 1. The molecule has 1 aromatic carbocycles. The van der Waals surface area contributed by atoms with Crippen LogP contribution in [0.3, 0.4) is 0 Å². The van der Waals surface area contributed by atoms with Gasteiger partial charge in [0.1, 0.15) is 5.82 Å². The molecular formula is C10H9Br2FO. The smallest absolute Gasteiger partial charge is 0.166 e. The SMILES string of the molecule is O=C(CCBr)c1cc(CBr)ccc1F. The summed E-state index contributed by atoms with van der Waals surface area (Å²) in [6, 6.07) is 4.59.